The maximum absolute atomic E-state index is 11.8. The van der Waals surface area contributed by atoms with Crippen molar-refractivity contribution < 1.29 is 21.7 Å². The molecule has 1 unspecified atom stereocenters. The van der Waals surface area contributed by atoms with E-state index in [1.54, 1.807) is 0 Å². The molecule has 0 amide bonds. The number of anilines is 2. The molecule has 0 saturated carbocycles. The summed E-state index contributed by atoms with van der Waals surface area (Å²) in [5.74, 6) is 0. The predicted molar refractivity (Wildman–Crippen MR) is 125 cm³/mol. The summed E-state index contributed by atoms with van der Waals surface area (Å²) in [6.07, 6.45) is 0. The first kappa shape index (κ1) is 24.1. The molecule has 13 heteroatoms. The van der Waals surface area contributed by atoms with Crippen molar-refractivity contribution in [2.45, 2.75) is 23.6 Å². The van der Waals surface area contributed by atoms with E-state index in [4.69, 9.17) is 11.5 Å². The molecule has 0 heterocycles. The zero-order valence-electron chi connectivity index (χ0n) is 17.5. The van der Waals surface area contributed by atoms with Crippen molar-refractivity contribution >= 4 is 55.3 Å². The number of aryl methyl sites for hydroxylation is 2. The third-order valence-electron chi connectivity index (χ3n) is 4.52. The Hall–Kier alpha value is -3.52. The molecule has 0 radical (unpaired) electrons. The van der Waals surface area contributed by atoms with Crippen LogP contribution < -0.4 is 11.5 Å². The number of hydrogen-bond donors (Lipinski definition) is 4. The van der Waals surface area contributed by atoms with E-state index in [2.05, 4.69) is 20.5 Å². The summed E-state index contributed by atoms with van der Waals surface area (Å²) in [7, 11) is -4.44. The van der Waals surface area contributed by atoms with Crippen LogP contribution in [0.3, 0.4) is 0 Å². The topological polar surface area (TPSA) is 193 Å². The number of azo groups is 2. The summed E-state index contributed by atoms with van der Waals surface area (Å²) in [6.45, 7) is 3.76. The summed E-state index contributed by atoms with van der Waals surface area (Å²) in [4.78, 5) is -0.576. The van der Waals surface area contributed by atoms with Gasteiger partial charge in [-0.25, -0.2) is 4.21 Å². The van der Waals surface area contributed by atoms with Crippen molar-refractivity contribution in [3.8, 4) is 0 Å². The predicted octanol–water partition coefficient (Wildman–Crippen LogP) is 5.13. The van der Waals surface area contributed by atoms with E-state index in [-0.39, 0.29) is 38.2 Å². The van der Waals surface area contributed by atoms with Crippen LogP contribution in [0.4, 0.5) is 34.1 Å². The van der Waals surface area contributed by atoms with Crippen molar-refractivity contribution in [2.24, 2.45) is 20.5 Å². The second-order valence-electron chi connectivity index (χ2n) is 6.98. The zero-order chi connectivity index (χ0) is 24.3. The van der Waals surface area contributed by atoms with Gasteiger partial charge in [-0.3, -0.25) is 4.55 Å². The fourth-order valence-corrected chi connectivity index (χ4v) is 3.76. The van der Waals surface area contributed by atoms with Crippen molar-refractivity contribution in [1.29, 1.82) is 0 Å². The van der Waals surface area contributed by atoms with Crippen LogP contribution in [0.2, 0.25) is 0 Å². The zero-order valence-corrected chi connectivity index (χ0v) is 19.1. The van der Waals surface area contributed by atoms with E-state index in [0.717, 1.165) is 17.2 Å². The van der Waals surface area contributed by atoms with Crippen LogP contribution in [0.15, 0.2) is 78.8 Å². The molecule has 3 rings (SSSR count). The van der Waals surface area contributed by atoms with Crippen LogP contribution >= 0.6 is 0 Å². The van der Waals surface area contributed by atoms with E-state index in [9.17, 15) is 21.7 Å². The molecule has 0 fully saturated rings. The SMILES string of the molecule is Cc1ccc(C)c(N=Nc2cc(S(=O)O)c(N)c(N=Nc3cccc(S(=O)(=O)O)c3)c2N)c1. The number of nitrogens with zero attached hydrogens (tertiary/aromatic N) is 4. The molecule has 11 nitrogen and oxygen atoms in total. The number of nitrogen functional groups attached to an aromatic ring is 2. The van der Waals surface area contributed by atoms with Gasteiger partial charge in [0.15, 0.2) is 11.1 Å². The van der Waals surface area contributed by atoms with Crippen molar-refractivity contribution in [3.05, 3.63) is 59.7 Å². The quantitative estimate of drug-likeness (QED) is 0.160. The molecule has 0 aliphatic carbocycles. The smallest absolute Gasteiger partial charge is 0.294 e. The van der Waals surface area contributed by atoms with Gasteiger partial charge in [-0.2, -0.15) is 18.6 Å². The number of benzene rings is 3. The summed E-state index contributed by atoms with van der Waals surface area (Å²) < 4.78 is 53.3. The maximum Gasteiger partial charge on any atom is 0.294 e. The van der Waals surface area contributed by atoms with Gasteiger partial charge in [0.05, 0.1) is 32.5 Å². The lowest BCUT2D eigenvalue weighted by Gasteiger charge is -2.10. The first-order chi connectivity index (χ1) is 15.5. The minimum absolute atomic E-state index is 0.0446. The van der Waals surface area contributed by atoms with Gasteiger partial charge in [0, 0.05) is 0 Å². The first-order valence-corrected chi connectivity index (χ1v) is 11.8. The van der Waals surface area contributed by atoms with E-state index < -0.39 is 21.2 Å². The Labute approximate surface area is 192 Å². The average molecular weight is 489 g/mol. The number of rotatable bonds is 6. The fourth-order valence-electron chi connectivity index (χ4n) is 2.75. The monoisotopic (exact) mass is 488 g/mol. The standard InChI is InChI=1S/C20H20N6O5S2/c1-11-6-7-12(2)15(8-11)24-25-16-10-17(32(27)28)19(22)20(18(16)21)26-23-13-4-3-5-14(9-13)33(29,30)31/h3-10H,21-22H2,1-2H3,(H,27,28)(H,29,30,31). The van der Waals surface area contributed by atoms with E-state index in [1.807, 2.05) is 32.0 Å². The molecule has 0 spiro atoms. The van der Waals surface area contributed by atoms with Gasteiger partial charge >= 0.3 is 0 Å². The van der Waals surface area contributed by atoms with Crippen molar-refractivity contribution in [1.82, 2.24) is 0 Å². The van der Waals surface area contributed by atoms with Gasteiger partial charge in [-0.15, -0.1) is 10.2 Å². The lowest BCUT2D eigenvalue weighted by molar-refractivity contribution is 0.483. The normalized spacial score (nSPS) is 13.1. The molecule has 0 aliphatic heterocycles. The summed E-state index contributed by atoms with van der Waals surface area (Å²) in [5, 5.41) is 16.1. The highest BCUT2D eigenvalue weighted by Gasteiger charge is 2.18. The summed E-state index contributed by atoms with van der Waals surface area (Å²) in [6, 6.07) is 11.9. The van der Waals surface area contributed by atoms with E-state index in [0.29, 0.717) is 5.69 Å². The molecule has 3 aromatic carbocycles. The van der Waals surface area contributed by atoms with Crippen LogP contribution in [0, 0.1) is 13.8 Å². The highest BCUT2D eigenvalue weighted by atomic mass is 32.2. The molecule has 0 aromatic heterocycles. The Morgan fingerprint density at radius 2 is 1.58 bits per heavy atom. The van der Waals surface area contributed by atoms with Crippen molar-refractivity contribution in [2.75, 3.05) is 11.5 Å². The minimum Gasteiger partial charge on any atom is -0.396 e. The van der Waals surface area contributed by atoms with Crippen LogP contribution in [0.5, 0.6) is 0 Å². The molecule has 0 aliphatic rings. The van der Waals surface area contributed by atoms with Gasteiger partial charge in [-0.05, 0) is 55.3 Å². The lowest BCUT2D eigenvalue weighted by atomic mass is 10.1. The molecule has 0 bridgehead atoms. The molecule has 33 heavy (non-hydrogen) atoms. The molecule has 0 saturated heterocycles. The van der Waals surface area contributed by atoms with Gasteiger partial charge in [0.1, 0.15) is 11.4 Å². The second kappa shape index (κ2) is 9.54. The minimum atomic E-state index is -4.44. The van der Waals surface area contributed by atoms with Gasteiger partial charge in [0.25, 0.3) is 10.1 Å². The highest BCUT2D eigenvalue weighted by Crippen LogP contribution is 2.42. The van der Waals surface area contributed by atoms with Crippen molar-refractivity contribution in [3.63, 3.8) is 0 Å². The lowest BCUT2D eigenvalue weighted by Crippen LogP contribution is -2.00. The second-order valence-corrected chi connectivity index (χ2v) is 9.34. The highest BCUT2D eigenvalue weighted by molar-refractivity contribution is 7.85. The molecule has 6 N–H and O–H groups in total. The van der Waals surface area contributed by atoms with Crippen LogP contribution in [0.1, 0.15) is 11.1 Å². The molecule has 172 valence electrons. The molecular formula is C20H20N6O5S2. The first-order valence-electron chi connectivity index (χ1n) is 9.28. The third-order valence-corrected chi connectivity index (χ3v) is 6.08. The van der Waals surface area contributed by atoms with Gasteiger partial charge in [-0.1, -0.05) is 18.2 Å². The summed E-state index contributed by atoms with van der Waals surface area (Å²) in [5.41, 5.74) is 14.3. The molecule has 1 atom stereocenters. The third kappa shape index (κ3) is 5.64. The molecular weight excluding hydrogens is 468 g/mol. The van der Waals surface area contributed by atoms with E-state index >= 15 is 0 Å². The average Bonchev–Trinajstić information content (AvgIpc) is 2.74. The Kier molecular flexibility index (Phi) is 6.98. The van der Waals surface area contributed by atoms with Gasteiger partial charge < -0.3 is 16.0 Å². The largest absolute Gasteiger partial charge is 0.396 e. The van der Waals surface area contributed by atoms with E-state index in [1.165, 1.54) is 24.3 Å². The van der Waals surface area contributed by atoms with Gasteiger partial charge in [0.2, 0.25) is 0 Å². The molecule has 3 aromatic rings. The maximum atomic E-state index is 11.8. The Bertz CT molecular complexity index is 1420. The fraction of sp³-hybridized carbons (Fsp3) is 0.100. The number of hydrogen-bond acceptors (Lipinski definition) is 9. The van der Waals surface area contributed by atoms with Crippen LogP contribution in [-0.4, -0.2) is 21.7 Å². The van der Waals surface area contributed by atoms with Crippen LogP contribution in [0.25, 0.3) is 0 Å². The Morgan fingerprint density at radius 3 is 2.24 bits per heavy atom. The Morgan fingerprint density at radius 1 is 0.879 bits per heavy atom. The number of nitrogens with two attached hydrogens (primary N) is 2. The van der Waals surface area contributed by atoms with Crippen LogP contribution in [-0.2, 0) is 21.2 Å². The Balaban J connectivity index is 2.09. The summed E-state index contributed by atoms with van der Waals surface area (Å²) >= 11 is -2.49.